The Bertz CT molecular complexity index is 560. The Balaban J connectivity index is 2.68. The summed E-state index contributed by atoms with van der Waals surface area (Å²) in [5, 5.41) is 3.05. The van der Waals surface area contributed by atoms with Gasteiger partial charge in [-0.05, 0) is 6.07 Å². The molecule has 2 aromatic rings. The smallest absolute Gasteiger partial charge is 0.276 e. The molecule has 82 valence electrons. The van der Waals surface area contributed by atoms with Crippen molar-refractivity contribution in [1.29, 1.82) is 0 Å². The highest BCUT2D eigenvalue weighted by molar-refractivity contribution is 5.74. The zero-order valence-corrected chi connectivity index (χ0v) is 9.27. The van der Waals surface area contributed by atoms with E-state index in [1.807, 2.05) is 31.3 Å². The molecule has 1 N–H and O–H groups in total. The van der Waals surface area contributed by atoms with E-state index in [0.29, 0.717) is 5.69 Å². The van der Waals surface area contributed by atoms with Gasteiger partial charge in [0.2, 0.25) is 0 Å². The molecule has 0 aliphatic heterocycles. The quantitative estimate of drug-likeness (QED) is 0.825. The number of para-hydroxylation sites is 1. The Kier molecular flexibility index (Phi) is 2.72. The molecule has 16 heavy (non-hydrogen) atoms. The van der Waals surface area contributed by atoms with Gasteiger partial charge in [0.25, 0.3) is 5.56 Å². The van der Waals surface area contributed by atoms with Gasteiger partial charge in [-0.3, -0.25) is 4.79 Å². The van der Waals surface area contributed by atoms with Crippen molar-refractivity contribution in [2.45, 2.75) is 0 Å². The third-order valence-electron chi connectivity index (χ3n) is 2.47. The Morgan fingerprint density at radius 1 is 1.31 bits per heavy atom. The molecule has 1 heterocycles. The van der Waals surface area contributed by atoms with Crippen LogP contribution >= 0.6 is 0 Å². The molecule has 0 aliphatic rings. The van der Waals surface area contributed by atoms with Crippen molar-refractivity contribution in [2.24, 2.45) is 7.05 Å². The Morgan fingerprint density at radius 3 is 2.81 bits per heavy atom. The summed E-state index contributed by atoms with van der Waals surface area (Å²) in [6, 6.07) is 7.62. The van der Waals surface area contributed by atoms with Gasteiger partial charge in [-0.15, -0.1) is 0 Å². The fraction of sp³-hybridized carbons (Fsp3) is 0.167. The van der Waals surface area contributed by atoms with Gasteiger partial charge >= 0.3 is 0 Å². The average Bonchev–Trinajstić information content (AvgIpc) is 2.33. The third kappa shape index (κ3) is 1.69. The molecule has 0 radical (unpaired) electrons. The number of aryl methyl sites for hydroxylation is 1. The Morgan fingerprint density at radius 2 is 2.06 bits per heavy atom. The van der Waals surface area contributed by atoms with Crippen molar-refractivity contribution < 1.29 is 0 Å². The molecule has 0 spiro atoms. The summed E-state index contributed by atoms with van der Waals surface area (Å²) < 4.78 is 1.52. The van der Waals surface area contributed by atoms with Crippen molar-refractivity contribution >= 4 is 5.69 Å². The molecule has 0 atom stereocenters. The van der Waals surface area contributed by atoms with Crippen LogP contribution < -0.4 is 10.9 Å². The van der Waals surface area contributed by atoms with Gasteiger partial charge in [0, 0.05) is 37.7 Å². The Labute approximate surface area is 93.6 Å². The fourth-order valence-electron chi connectivity index (χ4n) is 1.59. The summed E-state index contributed by atoms with van der Waals surface area (Å²) in [6.45, 7) is 0. The lowest BCUT2D eigenvalue weighted by Gasteiger charge is -2.08. The van der Waals surface area contributed by atoms with Crippen molar-refractivity contribution in [3.05, 3.63) is 47.0 Å². The van der Waals surface area contributed by atoms with E-state index in [1.165, 1.54) is 4.57 Å². The van der Waals surface area contributed by atoms with Crippen LogP contribution in [0.2, 0.25) is 0 Å². The maximum atomic E-state index is 11.9. The molecule has 0 amide bonds. The van der Waals surface area contributed by atoms with E-state index >= 15 is 0 Å². The summed E-state index contributed by atoms with van der Waals surface area (Å²) >= 11 is 0. The van der Waals surface area contributed by atoms with Crippen LogP contribution in [0.4, 0.5) is 5.69 Å². The van der Waals surface area contributed by atoms with Crippen LogP contribution in [0.5, 0.6) is 0 Å². The van der Waals surface area contributed by atoms with Gasteiger partial charge in [-0.1, -0.05) is 18.2 Å². The zero-order chi connectivity index (χ0) is 11.5. The van der Waals surface area contributed by atoms with E-state index in [9.17, 15) is 4.79 Å². The molecule has 0 saturated carbocycles. The Hall–Kier alpha value is -2.10. The van der Waals surface area contributed by atoms with Gasteiger partial charge in [0.15, 0.2) is 0 Å². The van der Waals surface area contributed by atoms with Gasteiger partial charge in [0.05, 0.1) is 0 Å². The van der Waals surface area contributed by atoms with E-state index in [2.05, 4.69) is 10.3 Å². The molecule has 4 nitrogen and oxygen atoms in total. The number of hydrogen-bond donors (Lipinski definition) is 1. The van der Waals surface area contributed by atoms with Crippen molar-refractivity contribution in [3.8, 4) is 11.3 Å². The SMILES string of the molecule is CNc1ccccc1-c1nccn(C)c1=O. The third-order valence-corrected chi connectivity index (χ3v) is 2.47. The summed E-state index contributed by atoms with van der Waals surface area (Å²) in [5.74, 6) is 0. The molecule has 0 saturated heterocycles. The van der Waals surface area contributed by atoms with Crippen LogP contribution in [-0.2, 0) is 7.05 Å². The first-order valence-corrected chi connectivity index (χ1v) is 5.03. The number of nitrogens with one attached hydrogen (secondary N) is 1. The van der Waals surface area contributed by atoms with Crippen LogP contribution in [0.15, 0.2) is 41.5 Å². The zero-order valence-electron chi connectivity index (χ0n) is 9.27. The minimum Gasteiger partial charge on any atom is -0.388 e. The largest absolute Gasteiger partial charge is 0.388 e. The predicted molar refractivity (Wildman–Crippen MR) is 64.5 cm³/mol. The predicted octanol–water partition coefficient (Wildman–Crippen LogP) is 1.49. The second-order valence-electron chi connectivity index (χ2n) is 3.49. The number of rotatable bonds is 2. The summed E-state index contributed by atoms with van der Waals surface area (Å²) in [5.41, 5.74) is 2.10. The summed E-state index contributed by atoms with van der Waals surface area (Å²) in [4.78, 5) is 16.1. The molecule has 4 heteroatoms. The number of aromatic nitrogens is 2. The normalized spacial score (nSPS) is 10.1. The van der Waals surface area contributed by atoms with Gasteiger partial charge in [0.1, 0.15) is 5.69 Å². The standard InChI is InChI=1S/C12H13N3O/c1-13-10-6-4-3-5-9(10)11-12(16)15(2)8-7-14-11/h3-8,13H,1-2H3. The molecule has 0 bridgehead atoms. The second kappa shape index (κ2) is 4.18. The van der Waals surface area contributed by atoms with Crippen LogP contribution in [-0.4, -0.2) is 16.6 Å². The maximum Gasteiger partial charge on any atom is 0.276 e. The minimum atomic E-state index is -0.0924. The van der Waals surface area contributed by atoms with E-state index < -0.39 is 0 Å². The fourth-order valence-corrected chi connectivity index (χ4v) is 1.59. The molecule has 0 fully saturated rings. The highest BCUT2D eigenvalue weighted by Crippen LogP contribution is 2.22. The van der Waals surface area contributed by atoms with Crippen molar-refractivity contribution in [3.63, 3.8) is 0 Å². The van der Waals surface area contributed by atoms with Crippen LogP contribution in [0.3, 0.4) is 0 Å². The van der Waals surface area contributed by atoms with Gasteiger partial charge in [-0.2, -0.15) is 0 Å². The molecular formula is C12H13N3O. The number of benzene rings is 1. The maximum absolute atomic E-state index is 11.9. The topological polar surface area (TPSA) is 46.9 Å². The second-order valence-corrected chi connectivity index (χ2v) is 3.49. The lowest BCUT2D eigenvalue weighted by atomic mass is 10.1. The first-order valence-electron chi connectivity index (χ1n) is 5.03. The highest BCUT2D eigenvalue weighted by Gasteiger charge is 2.09. The number of nitrogens with zero attached hydrogens (tertiary/aromatic N) is 2. The van der Waals surface area contributed by atoms with E-state index in [1.54, 1.807) is 19.4 Å². The van der Waals surface area contributed by atoms with Gasteiger partial charge in [-0.25, -0.2) is 4.98 Å². The van der Waals surface area contributed by atoms with Crippen LogP contribution in [0.25, 0.3) is 11.3 Å². The lowest BCUT2D eigenvalue weighted by Crippen LogP contribution is -2.19. The monoisotopic (exact) mass is 215 g/mol. The van der Waals surface area contributed by atoms with Crippen LogP contribution in [0, 0.1) is 0 Å². The molecular weight excluding hydrogens is 202 g/mol. The van der Waals surface area contributed by atoms with E-state index in [0.717, 1.165) is 11.3 Å². The highest BCUT2D eigenvalue weighted by atomic mass is 16.1. The van der Waals surface area contributed by atoms with E-state index in [-0.39, 0.29) is 5.56 Å². The summed E-state index contributed by atoms with van der Waals surface area (Å²) in [6.07, 6.45) is 3.27. The molecule has 2 rings (SSSR count). The lowest BCUT2D eigenvalue weighted by molar-refractivity contribution is 0.845. The molecule has 1 aromatic carbocycles. The first-order chi connectivity index (χ1) is 7.74. The molecule has 1 aromatic heterocycles. The number of anilines is 1. The van der Waals surface area contributed by atoms with Crippen molar-refractivity contribution in [1.82, 2.24) is 9.55 Å². The minimum absolute atomic E-state index is 0.0924. The number of hydrogen-bond acceptors (Lipinski definition) is 3. The van der Waals surface area contributed by atoms with Crippen LogP contribution in [0.1, 0.15) is 0 Å². The first kappa shape index (κ1) is 10.4. The van der Waals surface area contributed by atoms with Crippen molar-refractivity contribution in [2.75, 3.05) is 12.4 Å². The molecule has 0 unspecified atom stereocenters. The summed E-state index contributed by atoms with van der Waals surface area (Å²) in [7, 11) is 3.54. The van der Waals surface area contributed by atoms with E-state index in [4.69, 9.17) is 0 Å². The average molecular weight is 215 g/mol. The van der Waals surface area contributed by atoms with Gasteiger partial charge < -0.3 is 9.88 Å². The molecule has 0 aliphatic carbocycles.